The largest absolute Gasteiger partial charge is 0.402 e. The van der Waals surface area contributed by atoms with Crippen LogP contribution in [0.1, 0.15) is 78.0 Å². The van der Waals surface area contributed by atoms with E-state index in [1.807, 2.05) is 55.4 Å². The number of aliphatic imine (C=N–C) groups is 1. The van der Waals surface area contributed by atoms with Crippen LogP contribution in [0.4, 0.5) is 0 Å². The molecule has 1 aliphatic rings. The number of benzene rings is 1. The van der Waals surface area contributed by atoms with Gasteiger partial charge in [0.05, 0.1) is 5.71 Å². The summed E-state index contributed by atoms with van der Waals surface area (Å²) in [7, 11) is 0. The number of hydrogen-bond acceptors (Lipinski definition) is 2. The van der Waals surface area contributed by atoms with Gasteiger partial charge < -0.3 is 5.73 Å². The minimum atomic E-state index is 0.0531. The molecule has 2 nitrogen and oxygen atoms in total. The van der Waals surface area contributed by atoms with Crippen molar-refractivity contribution in [3.63, 3.8) is 0 Å². The summed E-state index contributed by atoms with van der Waals surface area (Å²) in [4.78, 5) is 4.81. The SMILES string of the molecule is C=C(C)C1=NC(C)=C(C(=C)C)C(c2ccc(C)cc2C)/C1=C(\C)N.CC.CC. The van der Waals surface area contributed by atoms with Crippen molar-refractivity contribution in [1.82, 2.24) is 0 Å². The lowest BCUT2D eigenvalue weighted by Gasteiger charge is -2.32. The maximum atomic E-state index is 6.32. The summed E-state index contributed by atoms with van der Waals surface area (Å²) in [6.45, 7) is 28.6. The molecule has 0 spiro atoms. The van der Waals surface area contributed by atoms with E-state index >= 15 is 0 Å². The summed E-state index contributed by atoms with van der Waals surface area (Å²) in [5.41, 5.74) is 16.9. The first-order chi connectivity index (χ1) is 13.1. The molecule has 0 amide bonds. The molecule has 2 rings (SSSR count). The third kappa shape index (κ3) is 5.58. The molecule has 0 radical (unpaired) electrons. The number of nitrogens with two attached hydrogens (primary N) is 1. The first kappa shape index (κ1) is 25.6. The molecule has 154 valence electrons. The molecule has 0 aliphatic carbocycles. The fraction of sp³-hybridized carbons (Fsp3) is 0.423. The molecule has 0 saturated carbocycles. The molecule has 1 aliphatic heterocycles. The first-order valence-corrected chi connectivity index (χ1v) is 10.3. The van der Waals surface area contributed by atoms with E-state index in [1.165, 1.54) is 16.7 Å². The van der Waals surface area contributed by atoms with Gasteiger partial charge in [0.25, 0.3) is 0 Å². The Morgan fingerprint density at radius 2 is 1.46 bits per heavy atom. The van der Waals surface area contributed by atoms with Gasteiger partial charge in [-0.2, -0.15) is 0 Å². The van der Waals surface area contributed by atoms with Crippen molar-refractivity contribution in [2.45, 2.75) is 75.2 Å². The summed E-state index contributed by atoms with van der Waals surface area (Å²) in [6.07, 6.45) is 0. The standard InChI is InChI=1S/C22H28N2.2C2H6/c1-12(2)19-17(8)24-22(13(3)4)20(16(7)23)21(19)18-10-9-14(5)11-15(18)6;2*1-2/h9-11,21H,1,3,23H2,2,4-8H3;2*1-2H3/b20-16-;;. The summed E-state index contributed by atoms with van der Waals surface area (Å²) >= 11 is 0. The van der Waals surface area contributed by atoms with E-state index in [2.05, 4.69) is 45.2 Å². The van der Waals surface area contributed by atoms with Crippen molar-refractivity contribution in [3.8, 4) is 0 Å². The van der Waals surface area contributed by atoms with Crippen LogP contribution in [0.15, 0.2) is 70.0 Å². The number of hydrogen-bond donors (Lipinski definition) is 1. The van der Waals surface area contributed by atoms with Gasteiger partial charge in [-0.15, -0.1) is 0 Å². The normalized spacial score (nSPS) is 17.5. The molecule has 1 aromatic carbocycles. The lowest BCUT2D eigenvalue weighted by atomic mass is 9.74. The monoisotopic (exact) mass is 380 g/mol. The van der Waals surface area contributed by atoms with Crippen LogP contribution in [0.3, 0.4) is 0 Å². The van der Waals surface area contributed by atoms with Crippen molar-refractivity contribution in [2.24, 2.45) is 10.7 Å². The first-order valence-electron chi connectivity index (χ1n) is 10.3. The second kappa shape index (κ2) is 11.5. The molecule has 2 heteroatoms. The van der Waals surface area contributed by atoms with E-state index in [-0.39, 0.29) is 5.92 Å². The van der Waals surface area contributed by atoms with E-state index in [1.54, 1.807) is 0 Å². The zero-order valence-corrected chi connectivity index (χ0v) is 19.7. The Labute approximate surface area is 173 Å². The van der Waals surface area contributed by atoms with Gasteiger partial charge in [0.1, 0.15) is 0 Å². The van der Waals surface area contributed by atoms with Crippen LogP contribution in [0.2, 0.25) is 0 Å². The third-order valence-electron chi connectivity index (χ3n) is 4.53. The van der Waals surface area contributed by atoms with Gasteiger partial charge in [0.2, 0.25) is 0 Å². The predicted molar refractivity (Wildman–Crippen MR) is 128 cm³/mol. The Kier molecular flexibility index (Phi) is 10.5. The van der Waals surface area contributed by atoms with Gasteiger partial charge in [0, 0.05) is 22.9 Å². The predicted octanol–water partition coefficient (Wildman–Crippen LogP) is 7.55. The van der Waals surface area contributed by atoms with Gasteiger partial charge >= 0.3 is 0 Å². The summed E-state index contributed by atoms with van der Waals surface area (Å²) in [5.74, 6) is 0.0531. The molecule has 1 aromatic rings. The molecule has 28 heavy (non-hydrogen) atoms. The maximum absolute atomic E-state index is 6.32. The van der Waals surface area contributed by atoms with E-state index in [9.17, 15) is 0 Å². The van der Waals surface area contributed by atoms with Gasteiger partial charge in [0.15, 0.2) is 0 Å². The molecule has 1 atom stereocenters. The fourth-order valence-electron chi connectivity index (χ4n) is 3.53. The Balaban J connectivity index is 0.00000171. The highest BCUT2D eigenvalue weighted by molar-refractivity contribution is 6.14. The van der Waals surface area contributed by atoms with Gasteiger partial charge in [-0.3, -0.25) is 4.99 Å². The molecule has 0 aromatic heterocycles. The van der Waals surface area contributed by atoms with Crippen LogP contribution in [0.25, 0.3) is 0 Å². The van der Waals surface area contributed by atoms with Crippen molar-refractivity contribution < 1.29 is 0 Å². The molecule has 0 fully saturated rings. The summed E-state index contributed by atoms with van der Waals surface area (Å²) < 4.78 is 0. The molecular formula is C26H40N2. The van der Waals surface area contributed by atoms with E-state index in [4.69, 9.17) is 10.7 Å². The topological polar surface area (TPSA) is 38.4 Å². The van der Waals surface area contributed by atoms with Gasteiger partial charge in [-0.25, -0.2) is 0 Å². The number of nitrogens with zero attached hydrogens (tertiary/aromatic N) is 1. The van der Waals surface area contributed by atoms with Crippen LogP contribution in [-0.2, 0) is 0 Å². The van der Waals surface area contributed by atoms with Crippen molar-refractivity contribution >= 4 is 5.71 Å². The highest BCUT2D eigenvalue weighted by Gasteiger charge is 2.32. The minimum Gasteiger partial charge on any atom is -0.402 e. The van der Waals surface area contributed by atoms with E-state index in [0.717, 1.165) is 39.4 Å². The van der Waals surface area contributed by atoms with Crippen molar-refractivity contribution in [3.05, 3.63) is 81.7 Å². The summed E-state index contributed by atoms with van der Waals surface area (Å²) in [6, 6.07) is 6.58. The molecular weight excluding hydrogens is 340 g/mol. The fourth-order valence-corrected chi connectivity index (χ4v) is 3.53. The zero-order valence-electron chi connectivity index (χ0n) is 19.7. The molecule has 2 N–H and O–H groups in total. The van der Waals surface area contributed by atoms with Gasteiger partial charge in [-0.05, 0) is 63.8 Å². The Bertz CT molecular complexity index is 813. The summed E-state index contributed by atoms with van der Waals surface area (Å²) in [5, 5.41) is 0. The third-order valence-corrected chi connectivity index (χ3v) is 4.53. The average molecular weight is 381 g/mol. The molecule has 0 bridgehead atoms. The van der Waals surface area contributed by atoms with Gasteiger partial charge in [-0.1, -0.05) is 70.2 Å². The minimum absolute atomic E-state index is 0.0531. The highest BCUT2D eigenvalue weighted by atomic mass is 14.8. The van der Waals surface area contributed by atoms with Crippen LogP contribution in [0.5, 0.6) is 0 Å². The lowest BCUT2D eigenvalue weighted by molar-refractivity contribution is 0.889. The molecule has 0 saturated heterocycles. The highest BCUT2D eigenvalue weighted by Crippen LogP contribution is 2.44. The van der Waals surface area contributed by atoms with Crippen molar-refractivity contribution in [1.29, 1.82) is 0 Å². The van der Waals surface area contributed by atoms with E-state index < -0.39 is 0 Å². The number of rotatable bonds is 3. The van der Waals surface area contributed by atoms with Crippen LogP contribution >= 0.6 is 0 Å². The maximum Gasteiger partial charge on any atom is 0.0714 e. The van der Waals surface area contributed by atoms with Crippen LogP contribution in [0, 0.1) is 13.8 Å². The van der Waals surface area contributed by atoms with Crippen molar-refractivity contribution in [2.75, 3.05) is 0 Å². The average Bonchev–Trinajstić information content (AvgIpc) is 2.63. The molecule has 1 heterocycles. The Morgan fingerprint density at radius 1 is 0.929 bits per heavy atom. The lowest BCUT2D eigenvalue weighted by Crippen LogP contribution is -2.24. The van der Waals surface area contributed by atoms with E-state index in [0.29, 0.717) is 0 Å². The van der Waals surface area contributed by atoms with Crippen LogP contribution < -0.4 is 5.73 Å². The molecule has 1 unspecified atom stereocenters. The zero-order chi connectivity index (χ0) is 22.2. The quantitative estimate of drug-likeness (QED) is 0.577. The number of aryl methyl sites for hydroxylation is 2. The van der Waals surface area contributed by atoms with Crippen LogP contribution in [-0.4, -0.2) is 5.71 Å². The second-order valence-corrected chi connectivity index (χ2v) is 6.91. The number of allylic oxidation sites excluding steroid dienone is 6. The smallest absolute Gasteiger partial charge is 0.0714 e. The second-order valence-electron chi connectivity index (χ2n) is 6.91. The Morgan fingerprint density at radius 3 is 1.86 bits per heavy atom. The Hall–Kier alpha value is -2.35.